The Balaban J connectivity index is 2.45. The maximum Gasteiger partial charge on any atom is 0.391 e. The van der Waals surface area contributed by atoms with Crippen LogP contribution in [-0.4, -0.2) is 21.6 Å². The molecule has 0 bridgehead atoms. The minimum Gasteiger partial charge on any atom is -0.401 e. The predicted octanol–water partition coefficient (Wildman–Crippen LogP) is 2.26. The van der Waals surface area contributed by atoms with E-state index in [1.807, 2.05) is 0 Å². The molecule has 0 aliphatic carbocycles. The Hall–Kier alpha value is -1.64. The van der Waals surface area contributed by atoms with Crippen molar-refractivity contribution < 1.29 is 0 Å². The summed E-state index contributed by atoms with van der Waals surface area (Å²) in [5, 5.41) is 2.64. The molecule has 0 spiro atoms. The third-order valence-electron chi connectivity index (χ3n) is 2.97. The maximum absolute atomic E-state index is 2.16. The summed E-state index contributed by atoms with van der Waals surface area (Å²) in [7, 11) is 6.28. The Kier molecular flexibility index (Phi) is 1.69. The molecule has 1 heterocycles. The second-order valence-corrected chi connectivity index (χ2v) is 3.99. The molecular formula is C12H12BN2. The topological polar surface area (TPSA) is 6.48 Å². The number of anilines is 2. The zero-order valence-corrected chi connectivity index (χ0v) is 8.94. The van der Waals surface area contributed by atoms with Gasteiger partial charge in [-0.15, -0.1) is 0 Å². The minimum absolute atomic E-state index is 1.28. The molecule has 15 heavy (non-hydrogen) atoms. The van der Waals surface area contributed by atoms with Gasteiger partial charge in [-0.05, 0) is 31.6 Å². The summed E-state index contributed by atoms with van der Waals surface area (Å²) in [5.41, 5.74) is 2.56. The van der Waals surface area contributed by atoms with E-state index in [2.05, 4.69) is 67.7 Å². The van der Waals surface area contributed by atoms with Crippen LogP contribution >= 0.6 is 0 Å². The first-order valence-corrected chi connectivity index (χ1v) is 5.10. The van der Waals surface area contributed by atoms with Gasteiger partial charge in [-0.3, -0.25) is 0 Å². The van der Waals surface area contributed by atoms with E-state index in [4.69, 9.17) is 0 Å². The fraction of sp³-hybridized carbons (Fsp3) is 0.167. The molecule has 0 atom stereocenters. The van der Waals surface area contributed by atoms with E-state index in [-0.39, 0.29) is 0 Å². The Bertz CT molecular complexity index is 481. The zero-order chi connectivity index (χ0) is 10.4. The first-order valence-electron chi connectivity index (χ1n) is 5.10. The number of benzene rings is 2. The van der Waals surface area contributed by atoms with Crippen LogP contribution < -0.4 is 9.62 Å². The van der Waals surface area contributed by atoms with Crippen LogP contribution in [0.1, 0.15) is 0 Å². The van der Waals surface area contributed by atoms with Crippen molar-refractivity contribution >= 4 is 29.7 Å². The smallest absolute Gasteiger partial charge is 0.391 e. The van der Waals surface area contributed by atoms with Gasteiger partial charge in [0.05, 0.1) is 0 Å². The lowest BCUT2D eigenvalue weighted by Gasteiger charge is -2.33. The van der Waals surface area contributed by atoms with Crippen LogP contribution in [0.5, 0.6) is 0 Å². The highest BCUT2D eigenvalue weighted by molar-refractivity contribution is 6.50. The number of nitrogens with zero attached hydrogens (tertiary/aromatic N) is 2. The summed E-state index contributed by atoms with van der Waals surface area (Å²) in [6.45, 7) is 0. The number of hydrogen-bond donors (Lipinski definition) is 0. The lowest BCUT2D eigenvalue weighted by atomic mass is 9.93. The summed E-state index contributed by atoms with van der Waals surface area (Å²) >= 11 is 0. The third-order valence-corrected chi connectivity index (χ3v) is 2.97. The largest absolute Gasteiger partial charge is 0.401 e. The van der Waals surface area contributed by atoms with Gasteiger partial charge in [0.2, 0.25) is 0 Å². The van der Waals surface area contributed by atoms with Crippen molar-refractivity contribution in [2.24, 2.45) is 0 Å². The van der Waals surface area contributed by atoms with Crippen LogP contribution in [0, 0.1) is 0 Å². The van der Waals surface area contributed by atoms with E-state index >= 15 is 0 Å². The molecule has 0 amide bonds. The van der Waals surface area contributed by atoms with Crippen LogP contribution in [0.3, 0.4) is 0 Å². The maximum atomic E-state index is 2.16. The zero-order valence-electron chi connectivity index (χ0n) is 8.94. The normalized spacial score (nSPS) is 14.3. The fourth-order valence-corrected chi connectivity index (χ4v) is 2.27. The molecule has 2 aromatic carbocycles. The average Bonchev–Trinajstić information content (AvgIpc) is 2.25. The molecule has 2 nitrogen and oxygen atoms in total. The lowest BCUT2D eigenvalue weighted by Crippen LogP contribution is -2.40. The highest BCUT2D eigenvalue weighted by Gasteiger charge is 2.20. The quantitative estimate of drug-likeness (QED) is 0.595. The van der Waals surface area contributed by atoms with E-state index in [1.54, 1.807) is 0 Å². The van der Waals surface area contributed by atoms with Crippen molar-refractivity contribution in [3.8, 4) is 0 Å². The van der Waals surface area contributed by atoms with Gasteiger partial charge in [-0.25, -0.2) is 0 Å². The van der Waals surface area contributed by atoms with Crippen LogP contribution in [0.25, 0.3) is 10.8 Å². The van der Waals surface area contributed by atoms with Crippen LogP contribution in [-0.2, 0) is 0 Å². The van der Waals surface area contributed by atoms with Crippen LogP contribution in [0.4, 0.5) is 11.4 Å². The first kappa shape index (κ1) is 8.66. The van der Waals surface area contributed by atoms with Crippen LogP contribution in [0.15, 0.2) is 36.4 Å². The highest BCUT2D eigenvalue weighted by Crippen LogP contribution is 2.36. The minimum atomic E-state index is 1.28. The van der Waals surface area contributed by atoms with E-state index in [0.717, 1.165) is 0 Å². The summed E-state index contributed by atoms with van der Waals surface area (Å²) in [4.78, 5) is 4.32. The summed E-state index contributed by atoms with van der Waals surface area (Å²) < 4.78 is 0. The summed E-state index contributed by atoms with van der Waals surface area (Å²) in [6, 6.07) is 12.9. The van der Waals surface area contributed by atoms with E-state index in [0.29, 0.717) is 0 Å². The molecule has 0 fully saturated rings. The second-order valence-electron chi connectivity index (χ2n) is 3.99. The Morgan fingerprint density at radius 1 is 0.867 bits per heavy atom. The van der Waals surface area contributed by atoms with Gasteiger partial charge in [0.15, 0.2) is 0 Å². The average molecular weight is 195 g/mol. The molecule has 0 saturated heterocycles. The van der Waals surface area contributed by atoms with Crippen LogP contribution in [0.2, 0.25) is 0 Å². The Morgan fingerprint density at radius 3 is 1.93 bits per heavy atom. The summed E-state index contributed by atoms with van der Waals surface area (Å²) in [5.74, 6) is 0. The molecule has 73 valence electrons. The fourth-order valence-electron chi connectivity index (χ4n) is 2.27. The highest BCUT2D eigenvalue weighted by atomic mass is 15.2. The molecule has 2 aromatic rings. The number of rotatable bonds is 0. The van der Waals surface area contributed by atoms with Crippen molar-refractivity contribution in [2.45, 2.75) is 0 Å². The molecule has 1 aliphatic rings. The van der Waals surface area contributed by atoms with Crippen molar-refractivity contribution in [1.29, 1.82) is 0 Å². The SMILES string of the molecule is CN1[B]N(C)c2cccc3cccc1c23. The molecule has 1 aliphatic heterocycles. The van der Waals surface area contributed by atoms with Crippen molar-refractivity contribution in [3.63, 3.8) is 0 Å². The molecule has 0 N–H and O–H groups in total. The monoisotopic (exact) mass is 195 g/mol. The van der Waals surface area contributed by atoms with Crippen molar-refractivity contribution in [3.05, 3.63) is 36.4 Å². The predicted molar refractivity (Wildman–Crippen MR) is 66.5 cm³/mol. The van der Waals surface area contributed by atoms with Gasteiger partial charge in [0, 0.05) is 16.8 Å². The third kappa shape index (κ3) is 1.12. The van der Waals surface area contributed by atoms with Crippen molar-refractivity contribution in [2.75, 3.05) is 23.7 Å². The Labute approximate surface area is 90.4 Å². The van der Waals surface area contributed by atoms with Gasteiger partial charge in [-0.2, -0.15) is 0 Å². The number of hydrogen-bond acceptors (Lipinski definition) is 2. The van der Waals surface area contributed by atoms with E-state index < -0.39 is 0 Å². The van der Waals surface area contributed by atoms with Gasteiger partial charge < -0.3 is 9.62 Å². The van der Waals surface area contributed by atoms with Gasteiger partial charge in [0.1, 0.15) is 0 Å². The molecule has 0 unspecified atom stereocenters. The first-order chi connectivity index (χ1) is 7.27. The Morgan fingerprint density at radius 2 is 1.40 bits per heavy atom. The molecule has 0 saturated carbocycles. The molecule has 1 radical (unpaired) electrons. The standard InChI is InChI=1S/C12H12BN2/c1-14-10-7-3-5-9-6-4-8-11(12(9)10)15(2)13-14/h3-8H,1-2H3. The lowest BCUT2D eigenvalue weighted by molar-refractivity contribution is 1.22. The summed E-state index contributed by atoms with van der Waals surface area (Å²) in [6.07, 6.45) is 0. The van der Waals surface area contributed by atoms with Gasteiger partial charge in [0.25, 0.3) is 0 Å². The molecular weight excluding hydrogens is 183 g/mol. The van der Waals surface area contributed by atoms with Crippen molar-refractivity contribution in [1.82, 2.24) is 0 Å². The molecule has 3 heteroatoms. The second kappa shape index (κ2) is 2.93. The van der Waals surface area contributed by atoms with E-state index in [1.165, 1.54) is 22.1 Å². The van der Waals surface area contributed by atoms with E-state index in [9.17, 15) is 0 Å². The molecule has 0 aromatic heterocycles. The van der Waals surface area contributed by atoms with Gasteiger partial charge in [-0.1, -0.05) is 24.3 Å². The van der Waals surface area contributed by atoms with Gasteiger partial charge >= 0.3 is 7.55 Å². The molecule has 3 rings (SSSR count).